The molecule has 2 rings (SSSR count). The van der Waals surface area contributed by atoms with Crippen LogP contribution in [-0.2, 0) is 0 Å². The molecular formula is C16H14N2OS. The molecule has 1 aromatic carbocycles. The largest absolute Gasteiger partial charge is 0.268 e. The first-order valence-electron chi connectivity index (χ1n) is 6.10. The first-order valence-corrected chi connectivity index (χ1v) is 7.08. The molecule has 0 atom stereocenters. The van der Waals surface area contributed by atoms with Gasteiger partial charge in [-0.3, -0.25) is 4.79 Å². The molecular weight excluding hydrogens is 268 g/mol. The Morgan fingerprint density at radius 1 is 1.35 bits per heavy atom. The number of hydrogen-bond acceptors (Lipinski definition) is 3. The maximum absolute atomic E-state index is 11.1. The van der Waals surface area contributed by atoms with Gasteiger partial charge in [-0.05, 0) is 36.3 Å². The zero-order chi connectivity index (χ0) is 14.4. The molecule has 0 amide bonds. The summed E-state index contributed by atoms with van der Waals surface area (Å²) in [5, 5.41) is 6.43. The van der Waals surface area contributed by atoms with Crippen LogP contribution in [-0.4, -0.2) is 16.0 Å². The molecule has 1 aromatic heterocycles. The van der Waals surface area contributed by atoms with E-state index in [1.807, 2.05) is 43.3 Å². The molecule has 0 saturated heterocycles. The molecule has 4 heteroatoms. The summed E-state index contributed by atoms with van der Waals surface area (Å²) in [5.41, 5.74) is 2.50. The molecule has 1 N–H and O–H groups in total. The summed E-state index contributed by atoms with van der Waals surface area (Å²) in [6, 6.07) is 9.66. The van der Waals surface area contributed by atoms with Gasteiger partial charge >= 0.3 is 0 Å². The van der Waals surface area contributed by atoms with Crippen LogP contribution in [0.5, 0.6) is 0 Å². The number of aromatic amines is 1. The Kier molecular flexibility index (Phi) is 4.80. The molecule has 20 heavy (non-hydrogen) atoms. The predicted octanol–water partition coefficient (Wildman–Crippen LogP) is 2.97. The summed E-state index contributed by atoms with van der Waals surface area (Å²) in [4.78, 5) is 12.2. The van der Waals surface area contributed by atoms with Crippen molar-refractivity contribution in [3.8, 4) is 12.3 Å². The molecule has 0 aliphatic heterocycles. The minimum absolute atomic E-state index is 0.186. The molecule has 2 aromatic rings. The van der Waals surface area contributed by atoms with E-state index in [1.165, 1.54) is 6.07 Å². The fraction of sp³-hybridized carbons (Fsp3) is 0.125. The van der Waals surface area contributed by atoms with E-state index in [0.717, 1.165) is 21.7 Å². The van der Waals surface area contributed by atoms with Crippen molar-refractivity contribution < 1.29 is 0 Å². The zero-order valence-electron chi connectivity index (χ0n) is 11.1. The van der Waals surface area contributed by atoms with Crippen molar-refractivity contribution in [2.45, 2.75) is 11.8 Å². The lowest BCUT2D eigenvalue weighted by molar-refractivity contribution is 0.961. The molecule has 0 fully saturated rings. The molecule has 0 aliphatic rings. The van der Waals surface area contributed by atoms with Gasteiger partial charge in [-0.1, -0.05) is 24.1 Å². The van der Waals surface area contributed by atoms with Crippen LogP contribution in [0.25, 0.3) is 12.2 Å². The lowest BCUT2D eigenvalue weighted by atomic mass is 10.1. The third kappa shape index (κ3) is 3.87. The number of aromatic nitrogens is 2. The smallest absolute Gasteiger partial charge is 0.264 e. The normalized spacial score (nSPS) is 10.6. The van der Waals surface area contributed by atoms with E-state index in [4.69, 9.17) is 6.42 Å². The predicted molar refractivity (Wildman–Crippen MR) is 84.5 cm³/mol. The SMILES string of the molecule is C#CCSc1ccc(C=Cc2n[nH]c(=O)cc2C)cc1. The Morgan fingerprint density at radius 3 is 2.75 bits per heavy atom. The van der Waals surface area contributed by atoms with Crippen molar-refractivity contribution in [2.75, 3.05) is 5.75 Å². The van der Waals surface area contributed by atoms with Gasteiger partial charge < -0.3 is 0 Å². The third-order valence-corrected chi connectivity index (χ3v) is 3.59. The van der Waals surface area contributed by atoms with Crippen LogP contribution in [0, 0.1) is 19.3 Å². The number of nitrogens with one attached hydrogen (secondary N) is 1. The van der Waals surface area contributed by atoms with E-state index < -0.39 is 0 Å². The maximum atomic E-state index is 11.1. The molecule has 100 valence electrons. The Labute approximate surface area is 122 Å². The molecule has 0 spiro atoms. The third-order valence-electron chi connectivity index (χ3n) is 2.67. The molecule has 0 bridgehead atoms. The van der Waals surface area contributed by atoms with Crippen LogP contribution in [0.3, 0.4) is 0 Å². The standard InChI is InChI=1S/C16H14N2OS/c1-3-10-20-14-7-4-13(5-8-14)6-9-15-12(2)11-16(19)18-17-15/h1,4-9,11H,10H2,2H3,(H,18,19). The van der Waals surface area contributed by atoms with Gasteiger partial charge in [-0.2, -0.15) is 5.10 Å². The van der Waals surface area contributed by atoms with Crippen LogP contribution in [0.2, 0.25) is 0 Å². The maximum Gasteiger partial charge on any atom is 0.264 e. The monoisotopic (exact) mass is 282 g/mol. The minimum Gasteiger partial charge on any atom is -0.268 e. The van der Waals surface area contributed by atoms with Crippen molar-refractivity contribution in [2.24, 2.45) is 0 Å². The highest BCUT2D eigenvalue weighted by Crippen LogP contribution is 2.18. The van der Waals surface area contributed by atoms with Crippen LogP contribution in [0.1, 0.15) is 16.8 Å². The van der Waals surface area contributed by atoms with E-state index in [9.17, 15) is 4.79 Å². The molecule has 0 saturated carbocycles. The number of terminal acetylenes is 1. The number of thioether (sulfide) groups is 1. The lowest BCUT2D eigenvalue weighted by Gasteiger charge is -1.99. The average Bonchev–Trinajstić information content (AvgIpc) is 2.45. The van der Waals surface area contributed by atoms with Crippen molar-refractivity contribution in [3.63, 3.8) is 0 Å². The second-order valence-corrected chi connectivity index (χ2v) is 5.24. The van der Waals surface area contributed by atoms with Gasteiger partial charge in [0, 0.05) is 11.0 Å². The number of aryl methyl sites for hydroxylation is 1. The van der Waals surface area contributed by atoms with Crippen LogP contribution >= 0.6 is 11.8 Å². The van der Waals surface area contributed by atoms with Gasteiger partial charge in [-0.25, -0.2) is 5.10 Å². The fourth-order valence-corrected chi connectivity index (χ4v) is 2.23. The van der Waals surface area contributed by atoms with E-state index in [0.29, 0.717) is 5.75 Å². The van der Waals surface area contributed by atoms with Gasteiger partial charge in [0.15, 0.2) is 0 Å². The number of rotatable bonds is 4. The Balaban J connectivity index is 2.11. The van der Waals surface area contributed by atoms with E-state index in [2.05, 4.69) is 16.1 Å². The summed E-state index contributed by atoms with van der Waals surface area (Å²) in [7, 11) is 0. The first kappa shape index (κ1) is 14.2. The van der Waals surface area contributed by atoms with Crippen LogP contribution in [0.15, 0.2) is 40.0 Å². The molecule has 0 unspecified atom stereocenters. The topological polar surface area (TPSA) is 45.8 Å². The van der Waals surface area contributed by atoms with Gasteiger partial charge in [0.05, 0.1) is 11.4 Å². The van der Waals surface area contributed by atoms with Gasteiger partial charge in [0.25, 0.3) is 5.56 Å². The van der Waals surface area contributed by atoms with Gasteiger partial charge in [-0.15, -0.1) is 18.2 Å². The van der Waals surface area contributed by atoms with E-state index in [-0.39, 0.29) is 5.56 Å². The Morgan fingerprint density at radius 2 is 2.10 bits per heavy atom. The summed E-state index contributed by atoms with van der Waals surface area (Å²) in [5.74, 6) is 3.28. The molecule has 3 nitrogen and oxygen atoms in total. The van der Waals surface area contributed by atoms with Crippen molar-refractivity contribution in [3.05, 3.63) is 57.5 Å². The van der Waals surface area contributed by atoms with Crippen molar-refractivity contribution in [1.82, 2.24) is 10.2 Å². The summed E-state index contributed by atoms with van der Waals surface area (Å²) < 4.78 is 0. The zero-order valence-corrected chi connectivity index (χ0v) is 11.9. The first-order chi connectivity index (χ1) is 9.69. The quantitative estimate of drug-likeness (QED) is 0.692. The van der Waals surface area contributed by atoms with E-state index in [1.54, 1.807) is 11.8 Å². The highest BCUT2D eigenvalue weighted by Gasteiger charge is 1.97. The Bertz CT molecular complexity index is 708. The number of nitrogens with zero attached hydrogens (tertiary/aromatic N) is 1. The summed E-state index contributed by atoms with van der Waals surface area (Å²) in [6.45, 7) is 1.86. The molecule has 1 heterocycles. The summed E-state index contributed by atoms with van der Waals surface area (Å²) in [6.07, 6.45) is 9.07. The second kappa shape index (κ2) is 6.78. The highest BCUT2D eigenvalue weighted by molar-refractivity contribution is 7.99. The van der Waals surface area contributed by atoms with Crippen LogP contribution in [0.4, 0.5) is 0 Å². The number of benzene rings is 1. The molecule has 0 radical (unpaired) electrons. The fourth-order valence-electron chi connectivity index (χ4n) is 1.65. The van der Waals surface area contributed by atoms with Crippen molar-refractivity contribution >= 4 is 23.9 Å². The van der Waals surface area contributed by atoms with Crippen LogP contribution < -0.4 is 5.56 Å². The number of H-pyrrole nitrogens is 1. The average molecular weight is 282 g/mol. The van der Waals surface area contributed by atoms with Gasteiger partial charge in [0.1, 0.15) is 0 Å². The highest BCUT2D eigenvalue weighted by atomic mass is 32.2. The van der Waals surface area contributed by atoms with Crippen molar-refractivity contribution in [1.29, 1.82) is 0 Å². The summed E-state index contributed by atoms with van der Waals surface area (Å²) >= 11 is 1.64. The minimum atomic E-state index is -0.186. The van der Waals surface area contributed by atoms with E-state index >= 15 is 0 Å². The number of hydrogen-bond donors (Lipinski definition) is 1. The second-order valence-electron chi connectivity index (χ2n) is 4.20. The van der Waals surface area contributed by atoms with Gasteiger partial charge in [0.2, 0.25) is 0 Å². The molecule has 0 aliphatic carbocycles. The Hall–Kier alpha value is -2.25. The lowest BCUT2D eigenvalue weighted by Crippen LogP contribution is -2.08.